The molecule has 1 aliphatic heterocycles. The van der Waals surface area contributed by atoms with Crippen LogP contribution in [-0.4, -0.2) is 42.4 Å². The molecule has 0 aromatic carbocycles. The van der Waals surface area contributed by atoms with Gasteiger partial charge in [-0.15, -0.1) is 0 Å². The number of hydrogen-bond donors (Lipinski definition) is 0. The summed E-state index contributed by atoms with van der Waals surface area (Å²) in [6.45, 7) is 8.47. The Morgan fingerprint density at radius 2 is 2.05 bits per heavy atom. The molecule has 3 rings (SSSR count). The Morgan fingerprint density at radius 3 is 2.71 bits per heavy atom. The van der Waals surface area contributed by atoms with Crippen LogP contribution in [0.2, 0.25) is 0 Å². The molecule has 2 aromatic rings. The highest BCUT2D eigenvalue weighted by molar-refractivity contribution is 4.91. The minimum Gasteiger partial charge on any atom is -0.340 e. The van der Waals surface area contributed by atoms with Gasteiger partial charge in [-0.1, -0.05) is 11.6 Å². The highest BCUT2D eigenvalue weighted by atomic mass is 16.5. The molecular weight excluding hydrogens is 268 g/mol. The van der Waals surface area contributed by atoms with E-state index in [9.17, 15) is 0 Å². The van der Waals surface area contributed by atoms with Crippen LogP contribution in [0.15, 0.2) is 4.52 Å². The third-order valence-corrected chi connectivity index (χ3v) is 4.01. The van der Waals surface area contributed by atoms with Crippen LogP contribution < -0.4 is 0 Å². The maximum Gasteiger partial charge on any atom is 0.223 e. The molecule has 3 heterocycles. The molecule has 0 N–H and O–H groups in total. The van der Waals surface area contributed by atoms with E-state index < -0.39 is 0 Å². The molecule has 2 aromatic heterocycles. The fourth-order valence-electron chi connectivity index (χ4n) is 3.00. The number of likely N-dealkylation sites (tertiary alicyclic amines) is 1. The summed E-state index contributed by atoms with van der Waals surface area (Å²) >= 11 is 0. The van der Waals surface area contributed by atoms with Crippen LogP contribution in [-0.2, 0) is 13.1 Å². The molecule has 7 nitrogen and oxygen atoms in total. The van der Waals surface area contributed by atoms with Gasteiger partial charge in [0.05, 0.1) is 13.1 Å². The first-order chi connectivity index (χ1) is 10.1. The summed E-state index contributed by atoms with van der Waals surface area (Å²) < 4.78 is 7.08. The maximum atomic E-state index is 5.07. The van der Waals surface area contributed by atoms with Gasteiger partial charge in [-0.3, -0.25) is 4.90 Å². The van der Waals surface area contributed by atoms with Crippen LogP contribution in [0, 0.1) is 20.8 Å². The lowest BCUT2D eigenvalue weighted by Gasteiger charge is -2.34. The summed E-state index contributed by atoms with van der Waals surface area (Å²) in [5, 5.41) is 8.49. The Morgan fingerprint density at radius 1 is 1.19 bits per heavy atom. The zero-order valence-corrected chi connectivity index (χ0v) is 12.9. The summed E-state index contributed by atoms with van der Waals surface area (Å²) in [5.41, 5.74) is 0. The highest BCUT2D eigenvalue weighted by Gasteiger charge is 2.25. The van der Waals surface area contributed by atoms with Crippen LogP contribution in [0.25, 0.3) is 0 Å². The number of rotatable bonds is 4. The van der Waals surface area contributed by atoms with E-state index in [0.717, 1.165) is 37.1 Å². The zero-order valence-electron chi connectivity index (χ0n) is 12.9. The van der Waals surface area contributed by atoms with Gasteiger partial charge in [0, 0.05) is 13.0 Å². The van der Waals surface area contributed by atoms with Crippen molar-refractivity contribution in [3.8, 4) is 0 Å². The van der Waals surface area contributed by atoms with E-state index in [1.54, 1.807) is 0 Å². The van der Waals surface area contributed by atoms with Crippen molar-refractivity contribution in [2.75, 3.05) is 6.54 Å². The predicted molar refractivity (Wildman–Crippen MR) is 76.6 cm³/mol. The molecule has 0 saturated carbocycles. The zero-order chi connectivity index (χ0) is 14.8. The summed E-state index contributed by atoms with van der Waals surface area (Å²) in [6.07, 6.45) is 3.66. The van der Waals surface area contributed by atoms with E-state index in [0.29, 0.717) is 11.9 Å². The highest BCUT2D eigenvalue weighted by Crippen LogP contribution is 2.20. The van der Waals surface area contributed by atoms with Gasteiger partial charge in [-0.05, 0) is 33.2 Å². The summed E-state index contributed by atoms with van der Waals surface area (Å²) in [7, 11) is 0. The minimum atomic E-state index is 0.456. The first kappa shape index (κ1) is 14.2. The van der Waals surface area contributed by atoms with Gasteiger partial charge in [-0.2, -0.15) is 10.1 Å². The van der Waals surface area contributed by atoms with E-state index >= 15 is 0 Å². The Balaban J connectivity index is 1.70. The second-order valence-corrected chi connectivity index (χ2v) is 5.74. The number of piperidine rings is 1. The number of aromatic nitrogens is 5. The standard InChI is InChI=1S/C14H22N6O/c1-10-15-11(2)20(17-10)8-13-6-4-5-7-19(13)9-14-16-12(3)21-18-14/h13H,4-9H2,1-3H3/t13-/m1/s1. The number of hydrogen-bond acceptors (Lipinski definition) is 6. The lowest BCUT2D eigenvalue weighted by molar-refractivity contribution is 0.117. The molecule has 114 valence electrons. The lowest BCUT2D eigenvalue weighted by Crippen LogP contribution is -2.42. The van der Waals surface area contributed by atoms with Gasteiger partial charge < -0.3 is 4.52 Å². The molecule has 0 radical (unpaired) electrons. The van der Waals surface area contributed by atoms with Crippen LogP contribution in [0.1, 0.15) is 42.6 Å². The van der Waals surface area contributed by atoms with Crippen molar-refractivity contribution in [2.45, 2.75) is 59.2 Å². The summed E-state index contributed by atoms with van der Waals surface area (Å²) in [4.78, 5) is 11.1. The summed E-state index contributed by atoms with van der Waals surface area (Å²) in [6, 6.07) is 0.456. The fourth-order valence-corrected chi connectivity index (χ4v) is 3.00. The second-order valence-electron chi connectivity index (χ2n) is 5.74. The third-order valence-electron chi connectivity index (χ3n) is 4.01. The van der Waals surface area contributed by atoms with Crippen LogP contribution in [0.5, 0.6) is 0 Å². The molecule has 0 spiro atoms. The van der Waals surface area contributed by atoms with Crippen molar-refractivity contribution in [3.63, 3.8) is 0 Å². The Kier molecular flexibility index (Phi) is 4.01. The van der Waals surface area contributed by atoms with E-state index in [4.69, 9.17) is 4.52 Å². The number of nitrogens with zero attached hydrogens (tertiary/aromatic N) is 6. The van der Waals surface area contributed by atoms with Crippen LogP contribution >= 0.6 is 0 Å². The molecule has 1 fully saturated rings. The van der Waals surface area contributed by atoms with E-state index in [1.807, 2.05) is 25.5 Å². The Bertz CT molecular complexity index is 604. The van der Waals surface area contributed by atoms with Gasteiger partial charge in [0.1, 0.15) is 11.6 Å². The van der Waals surface area contributed by atoms with E-state index in [2.05, 4.69) is 25.1 Å². The third kappa shape index (κ3) is 3.29. The van der Waals surface area contributed by atoms with E-state index in [-0.39, 0.29) is 0 Å². The molecular formula is C14H22N6O. The van der Waals surface area contributed by atoms with Gasteiger partial charge in [0.15, 0.2) is 5.82 Å². The first-order valence-electron chi connectivity index (χ1n) is 7.53. The topological polar surface area (TPSA) is 72.9 Å². The van der Waals surface area contributed by atoms with Crippen molar-refractivity contribution in [3.05, 3.63) is 23.4 Å². The maximum absolute atomic E-state index is 5.07. The van der Waals surface area contributed by atoms with Gasteiger partial charge in [-0.25, -0.2) is 9.67 Å². The fraction of sp³-hybridized carbons (Fsp3) is 0.714. The van der Waals surface area contributed by atoms with Crippen molar-refractivity contribution < 1.29 is 4.52 Å². The molecule has 1 atom stereocenters. The molecule has 0 unspecified atom stereocenters. The second kappa shape index (κ2) is 5.93. The largest absolute Gasteiger partial charge is 0.340 e. The molecule has 0 amide bonds. The van der Waals surface area contributed by atoms with Crippen molar-refractivity contribution in [1.82, 2.24) is 29.8 Å². The molecule has 0 aliphatic carbocycles. The van der Waals surface area contributed by atoms with Gasteiger partial charge in [0.2, 0.25) is 5.89 Å². The average molecular weight is 290 g/mol. The molecule has 0 bridgehead atoms. The quantitative estimate of drug-likeness (QED) is 0.852. The predicted octanol–water partition coefficient (Wildman–Crippen LogP) is 1.64. The van der Waals surface area contributed by atoms with Gasteiger partial charge >= 0.3 is 0 Å². The average Bonchev–Trinajstić information content (AvgIpc) is 2.98. The molecule has 7 heteroatoms. The lowest BCUT2D eigenvalue weighted by atomic mass is 10.0. The minimum absolute atomic E-state index is 0.456. The van der Waals surface area contributed by atoms with E-state index in [1.165, 1.54) is 19.3 Å². The van der Waals surface area contributed by atoms with Crippen LogP contribution in [0.4, 0.5) is 0 Å². The summed E-state index contributed by atoms with van der Waals surface area (Å²) in [5.74, 6) is 3.21. The van der Waals surface area contributed by atoms with Crippen molar-refractivity contribution in [2.24, 2.45) is 0 Å². The Labute approximate surface area is 124 Å². The number of aryl methyl sites for hydroxylation is 3. The Hall–Kier alpha value is -1.76. The van der Waals surface area contributed by atoms with Crippen molar-refractivity contribution in [1.29, 1.82) is 0 Å². The first-order valence-corrected chi connectivity index (χ1v) is 7.53. The van der Waals surface area contributed by atoms with Crippen molar-refractivity contribution >= 4 is 0 Å². The molecule has 1 saturated heterocycles. The monoisotopic (exact) mass is 290 g/mol. The van der Waals surface area contributed by atoms with Gasteiger partial charge in [0.25, 0.3) is 0 Å². The molecule has 21 heavy (non-hydrogen) atoms. The normalized spacial score (nSPS) is 20.0. The molecule has 1 aliphatic rings. The SMILES string of the molecule is Cc1nc(C)n(C[C@H]2CCCCN2Cc2noc(C)n2)n1. The smallest absolute Gasteiger partial charge is 0.223 e. The van der Waals surface area contributed by atoms with Crippen LogP contribution in [0.3, 0.4) is 0 Å².